The molecule has 3 heteroatoms. The molecule has 0 aliphatic carbocycles. The Hall–Kier alpha value is -0.570. The quantitative estimate of drug-likeness (QED) is 0.633. The van der Waals surface area contributed by atoms with E-state index in [-0.39, 0.29) is 5.91 Å². The van der Waals surface area contributed by atoms with Crippen molar-refractivity contribution in [2.75, 3.05) is 20.1 Å². The summed E-state index contributed by atoms with van der Waals surface area (Å²) in [6.45, 7) is 7.87. The molecule has 0 heterocycles. The Balaban J connectivity index is 3.78. The van der Waals surface area contributed by atoms with Crippen molar-refractivity contribution in [3.63, 3.8) is 0 Å². The van der Waals surface area contributed by atoms with Gasteiger partial charge in [0, 0.05) is 19.0 Å². The van der Waals surface area contributed by atoms with Crippen LogP contribution in [-0.4, -0.2) is 37.0 Å². The van der Waals surface area contributed by atoms with Gasteiger partial charge in [0.1, 0.15) is 0 Å². The number of nitrogens with zero attached hydrogens (tertiary/aromatic N) is 1. The van der Waals surface area contributed by atoms with Crippen LogP contribution in [0.1, 0.15) is 33.6 Å². The summed E-state index contributed by atoms with van der Waals surface area (Å²) in [5.41, 5.74) is 0. The predicted octanol–water partition coefficient (Wildman–Crippen LogP) is 1.24. The van der Waals surface area contributed by atoms with Gasteiger partial charge in [-0.05, 0) is 40.8 Å². The fourth-order valence-electron chi connectivity index (χ4n) is 1.39. The number of hydrogen-bond donors (Lipinski definition) is 1. The van der Waals surface area contributed by atoms with Gasteiger partial charge in [0.05, 0.1) is 0 Å². The summed E-state index contributed by atoms with van der Waals surface area (Å²) < 4.78 is 0. The van der Waals surface area contributed by atoms with E-state index in [9.17, 15) is 4.79 Å². The molecule has 1 amide bonds. The largest absolute Gasteiger partial charge is 0.341 e. The lowest BCUT2D eigenvalue weighted by Crippen LogP contribution is -2.36. The normalized spacial score (nSPS) is 10.5. The second-order valence-corrected chi connectivity index (χ2v) is 3.48. The molecule has 3 nitrogen and oxygen atoms in total. The van der Waals surface area contributed by atoms with Gasteiger partial charge < -0.3 is 10.2 Å². The molecule has 78 valence electrons. The van der Waals surface area contributed by atoms with Crippen molar-refractivity contribution in [3.05, 3.63) is 0 Å². The lowest BCUT2D eigenvalue weighted by molar-refractivity contribution is -0.132. The molecule has 13 heavy (non-hydrogen) atoms. The molecule has 0 spiro atoms. The van der Waals surface area contributed by atoms with Crippen LogP contribution in [0.3, 0.4) is 0 Å². The van der Waals surface area contributed by atoms with Crippen LogP contribution in [-0.2, 0) is 4.79 Å². The lowest BCUT2D eigenvalue weighted by atomic mass is 10.2. The molecular weight excluding hydrogens is 164 g/mol. The molecule has 0 saturated carbocycles. The van der Waals surface area contributed by atoms with Crippen LogP contribution in [0.15, 0.2) is 0 Å². The fourth-order valence-corrected chi connectivity index (χ4v) is 1.39. The van der Waals surface area contributed by atoms with E-state index in [0.29, 0.717) is 12.5 Å². The number of rotatable bonds is 6. The minimum absolute atomic E-state index is 0.271. The summed E-state index contributed by atoms with van der Waals surface area (Å²) in [5, 5.41) is 3.04. The summed E-state index contributed by atoms with van der Waals surface area (Å²) in [5.74, 6) is 0.271. The first kappa shape index (κ1) is 12.4. The molecule has 0 fully saturated rings. The van der Waals surface area contributed by atoms with Crippen molar-refractivity contribution >= 4 is 5.91 Å². The van der Waals surface area contributed by atoms with E-state index in [1.54, 1.807) is 0 Å². The van der Waals surface area contributed by atoms with Gasteiger partial charge in [0.15, 0.2) is 0 Å². The maximum absolute atomic E-state index is 11.6. The minimum Gasteiger partial charge on any atom is -0.341 e. The van der Waals surface area contributed by atoms with Gasteiger partial charge in [-0.25, -0.2) is 0 Å². The number of hydrogen-bond acceptors (Lipinski definition) is 2. The maximum atomic E-state index is 11.6. The number of carbonyl (C=O) groups is 1. The van der Waals surface area contributed by atoms with Gasteiger partial charge in [0.25, 0.3) is 0 Å². The van der Waals surface area contributed by atoms with E-state index >= 15 is 0 Å². The fraction of sp³-hybridized carbons (Fsp3) is 0.900. The van der Waals surface area contributed by atoms with Gasteiger partial charge in [-0.1, -0.05) is 0 Å². The average Bonchev–Trinajstić information content (AvgIpc) is 2.05. The first-order chi connectivity index (χ1) is 6.13. The van der Waals surface area contributed by atoms with Crippen LogP contribution in [0, 0.1) is 0 Å². The molecule has 1 N–H and O–H groups in total. The lowest BCUT2D eigenvalue weighted by Gasteiger charge is -2.25. The Kier molecular flexibility index (Phi) is 6.59. The third kappa shape index (κ3) is 4.88. The predicted molar refractivity (Wildman–Crippen MR) is 55.7 cm³/mol. The second kappa shape index (κ2) is 6.89. The van der Waals surface area contributed by atoms with E-state index < -0.39 is 0 Å². The third-order valence-corrected chi connectivity index (χ3v) is 2.10. The van der Waals surface area contributed by atoms with Crippen LogP contribution in [0.5, 0.6) is 0 Å². The molecule has 0 aromatic rings. The Bertz CT molecular complexity index is 146. The second-order valence-electron chi connectivity index (χ2n) is 3.48. The SMILES string of the molecule is CCN(C(=O)CCCNC)C(C)C. The van der Waals surface area contributed by atoms with E-state index in [2.05, 4.69) is 19.2 Å². The highest BCUT2D eigenvalue weighted by atomic mass is 16.2. The molecule has 0 aromatic heterocycles. The van der Waals surface area contributed by atoms with Crippen molar-refractivity contribution in [2.24, 2.45) is 0 Å². The van der Waals surface area contributed by atoms with Crippen molar-refractivity contribution < 1.29 is 4.79 Å². The molecule has 0 bridgehead atoms. The zero-order valence-electron chi connectivity index (χ0n) is 9.26. The molecule has 0 saturated heterocycles. The van der Waals surface area contributed by atoms with Crippen molar-refractivity contribution in [1.82, 2.24) is 10.2 Å². The van der Waals surface area contributed by atoms with Crippen LogP contribution in [0.25, 0.3) is 0 Å². The molecule has 0 aromatic carbocycles. The zero-order valence-corrected chi connectivity index (χ0v) is 9.26. The molecule has 0 rings (SSSR count). The van der Waals surface area contributed by atoms with Gasteiger partial charge in [0.2, 0.25) is 5.91 Å². The summed E-state index contributed by atoms with van der Waals surface area (Å²) in [4.78, 5) is 13.5. The van der Waals surface area contributed by atoms with Crippen molar-refractivity contribution in [3.8, 4) is 0 Å². The van der Waals surface area contributed by atoms with E-state index in [1.807, 2.05) is 18.9 Å². The highest BCUT2D eigenvalue weighted by Crippen LogP contribution is 2.02. The maximum Gasteiger partial charge on any atom is 0.222 e. The van der Waals surface area contributed by atoms with Crippen LogP contribution < -0.4 is 5.32 Å². The highest BCUT2D eigenvalue weighted by molar-refractivity contribution is 5.76. The third-order valence-electron chi connectivity index (χ3n) is 2.10. The number of nitrogens with one attached hydrogen (secondary N) is 1. The molecule has 0 atom stereocenters. The Morgan fingerprint density at radius 3 is 2.46 bits per heavy atom. The van der Waals surface area contributed by atoms with E-state index in [0.717, 1.165) is 19.5 Å². The zero-order chi connectivity index (χ0) is 10.3. The molecule has 0 radical (unpaired) electrons. The van der Waals surface area contributed by atoms with Gasteiger partial charge in [-0.2, -0.15) is 0 Å². The first-order valence-corrected chi connectivity index (χ1v) is 5.07. The Morgan fingerprint density at radius 1 is 1.46 bits per heavy atom. The first-order valence-electron chi connectivity index (χ1n) is 5.07. The van der Waals surface area contributed by atoms with Crippen molar-refractivity contribution in [1.29, 1.82) is 0 Å². The molecule has 0 aliphatic rings. The standard InChI is InChI=1S/C10H22N2O/c1-5-12(9(2)3)10(13)7-6-8-11-4/h9,11H,5-8H2,1-4H3. The van der Waals surface area contributed by atoms with Crippen LogP contribution in [0.2, 0.25) is 0 Å². The number of carbonyl (C=O) groups excluding carboxylic acids is 1. The Morgan fingerprint density at radius 2 is 2.08 bits per heavy atom. The molecule has 0 unspecified atom stereocenters. The summed E-state index contributed by atoms with van der Waals surface area (Å²) in [7, 11) is 1.91. The van der Waals surface area contributed by atoms with Gasteiger partial charge in [-0.3, -0.25) is 4.79 Å². The highest BCUT2D eigenvalue weighted by Gasteiger charge is 2.13. The summed E-state index contributed by atoms with van der Waals surface area (Å²) in [6, 6.07) is 0.326. The van der Waals surface area contributed by atoms with E-state index in [4.69, 9.17) is 0 Å². The summed E-state index contributed by atoms with van der Waals surface area (Å²) >= 11 is 0. The monoisotopic (exact) mass is 186 g/mol. The van der Waals surface area contributed by atoms with Gasteiger partial charge in [-0.15, -0.1) is 0 Å². The minimum atomic E-state index is 0.271. The number of amides is 1. The topological polar surface area (TPSA) is 32.3 Å². The van der Waals surface area contributed by atoms with Gasteiger partial charge >= 0.3 is 0 Å². The molecule has 0 aliphatic heterocycles. The summed E-state index contributed by atoms with van der Waals surface area (Å²) in [6.07, 6.45) is 1.59. The van der Waals surface area contributed by atoms with E-state index in [1.165, 1.54) is 0 Å². The van der Waals surface area contributed by atoms with Crippen molar-refractivity contribution in [2.45, 2.75) is 39.7 Å². The Labute approximate surface area is 81.5 Å². The smallest absolute Gasteiger partial charge is 0.222 e. The molecular formula is C10H22N2O. The average molecular weight is 186 g/mol. The van der Waals surface area contributed by atoms with Crippen LogP contribution in [0.4, 0.5) is 0 Å². The van der Waals surface area contributed by atoms with Crippen LogP contribution >= 0.6 is 0 Å².